The van der Waals surface area contributed by atoms with Crippen LogP contribution in [0.2, 0.25) is 0 Å². The molecule has 0 radical (unpaired) electrons. The number of benzene rings is 2. The van der Waals surface area contributed by atoms with Gasteiger partial charge >= 0.3 is 0 Å². The maximum Gasteiger partial charge on any atom is 0.262 e. The molecule has 0 bridgehead atoms. The van der Waals surface area contributed by atoms with Crippen molar-refractivity contribution in [2.24, 2.45) is 0 Å². The van der Waals surface area contributed by atoms with Crippen molar-refractivity contribution in [2.75, 3.05) is 18.5 Å². The Hall–Kier alpha value is -3.65. The van der Waals surface area contributed by atoms with Crippen LogP contribution in [0.25, 0.3) is 20.7 Å². The highest BCUT2D eigenvalue weighted by Crippen LogP contribution is 2.35. The Balaban J connectivity index is 1.61. The molecule has 0 aliphatic rings. The molecule has 0 saturated carbocycles. The van der Waals surface area contributed by atoms with E-state index in [9.17, 15) is 9.59 Å². The van der Waals surface area contributed by atoms with Crippen LogP contribution in [0.4, 0.5) is 5.69 Å². The Labute approximate surface area is 195 Å². The first-order chi connectivity index (χ1) is 16.0. The van der Waals surface area contributed by atoms with Gasteiger partial charge < -0.3 is 14.8 Å². The number of fused-ring (bicyclic) bond motifs is 1. The SMILES string of the molecule is CCOc1ccc(OCC)c(NC(=O)Cn2cnc3sc(-c4ccccc4)c(C)c3c2=O)c1. The lowest BCUT2D eigenvalue weighted by Crippen LogP contribution is -2.28. The Kier molecular flexibility index (Phi) is 6.74. The van der Waals surface area contributed by atoms with Crippen molar-refractivity contribution in [3.8, 4) is 21.9 Å². The summed E-state index contributed by atoms with van der Waals surface area (Å²) >= 11 is 1.48. The summed E-state index contributed by atoms with van der Waals surface area (Å²) in [7, 11) is 0. The molecule has 1 N–H and O–H groups in total. The molecule has 0 saturated heterocycles. The van der Waals surface area contributed by atoms with E-state index in [4.69, 9.17) is 9.47 Å². The number of amides is 1. The smallest absolute Gasteiger partial charge is 0.262 e. The highest BCUT2D eigenvalue weighted by atomic mass is 32.1. The largest absolute Gasteiger partial charge is 0.494 e. The van der Waals surface area contributed by atoms with E-state index in [1.807, 2.05) is 51.1 Å². The van der Waals surface area contributed by atoms with Crippen molar-refractivity contribution in [3.63, 3.8) is 0 Å². The zero-order valence-corrected chi connectivity index (χ0v) is 19.6. The van der Waals surface area contributed by atoms with Gasteiger partial charge in [-0.15, -0.1) is 11.3 Å². The second-order valence-electron chi connectivity index (χ2n) is 7.35. The van der Waals surface area contributed by atoms with Gasteiger partial charge in [0, 0.05) is 10.9 Å². The van der Waals surface area contributed by atoms with Crippen LogP contribution < -0.4 is 20.3 Å². The lowest BCUT2D eigenvalue weighted by molar-refractivity contribution is -0.116. The summed E-state index contributed by atoms with van der Waals surface area (Å²) in [6, 6.07) is 15.2. The van der Waals surface area contributed by atoms with Gasteiger partial charge in [-0.05, 0) is 44.0 Å². The number of nitrogens with one attached hydrogen (secondary N) is 1. The Morgan fingerprint density at radius 3 is 2.58 bits per heavy atom. The molecule has 0 aliphatic carbocycles. The van der Waals surface area contributed by atoms with Crippen LogP contribution in [0.1, 0.15) is 19.4 Å². The zero-order valence-electron chi connectivity index (χ0n) is 18.8. The number of aromatic nitrogens is 2. The van der Waals surface area contributed by atoms with E-state index in [1.54, 1.807) is 18.2 Å². The number of ether oxygens (including phenoxy) is 2. The highest BCUT2D eigenvalue weighted by molar-refractivity contribution is 7.22. The van der Waals surface area contributed by atoms with E-state index < -0.39 is 0 Å². The standard InChI is InChI=1S/C25H25N3O4S/c1-4-31-18-11-12-20(32-5-2)19(13-18)27-21(29)14-28-15-26-24-22(25(28)30)16(3)23(33-24)17-9-7-6-8-10-17/h6-13,15H,4-5,14H2,1-3H3,(H,27,29). The third-order valence-corrected chi connectivity index (χ3v) is 6.35. The summed E-state index contributed by atoms with van der Waals surface area (Å²) in [6.07, 6.45) is 1.43. The van der Waals surface area contributed by atoms with Crippen molar-refractivity contribution >= 4 is 33.1 Å². The summed E-state index contributed by atoms with van der Waals surface area (Å²) in [5.41, 5.74) is 2.17. The fourth-order valence-electron chi connectivity index (χ4n) is 3.63. The van der Waals surface area contributed by atoms with Gasteiger partial charge in [-0.25, -0.2) is 4.98 Å². The zero-order chi connectivity index (χ0) is 23.4. The third-order valence-electron chi connectivity index (χ3n) is 5.10. The lowest BCUT2D eigenvalue weighted by atomic mass is 10.1. The second-order valence-corrected chi connectivity index (χ2v) is 8.35. The maximum absolute atomic E-state index is 13.2. The highest BCUT2D eigenvalue weighted by Gasteiger charge is 2.17. The molecule has 0 aliphatic heterocycles. The first kappa shape index (κ1) is 22.5. The monoisotopic (exact) mass is 463 g/mol. The summed E-state index contributed by atoms with van der Waals surface area (Å²) < 4.78 is 12.5. The van der Waals surface area contributed by atoms with Gasteiger partial charge in [0.15, 0.2) is 0 Å². The predicted molar refractivity (Wildman–Crippen MR) is 131 cm³/mol. The van der Waals surface area contributed by atoms with Gasteiger partial charge in [0.05, 0.1) is 30.6 Å². The van der Waals surface area contributed by atoms with Gasteiger partial charge in [0.25, 0.3) is 5.56 Å². The number of rotatable bonds is 8. The summed E-state index contributed by atoms with van der Waals surface area (Å²) in [6.45, 7) is 6.48. The number of nitrogens with zero attached hydrogens (tertiary/aromatic N) is 2. The van der Waals surface area contributed by atoms with Crippen LogP contribution in [0.3, 0.4) is 0 Å². The Morgan fingerprint density at radius 2 is 1.85 bits per heavy atom. The minimum Gasteiger partial charge on any atom is -0.494 e. The fourth-order valence-corrected chi connectivity index (χ4v) is 4.77. The van der Waals surface area contributed by atoms with E-state index in [0.29, 0.717) is 40.6 Å². The van der Waals surface area contributed by atoms with Crippen molar-refractivity contribution in [2.45, 2.75) is 27.3 Å². The summed E-state index contributed by atoms with van der Waals surface area (Å²) in [5.74, 6) is 0.805. The maximum atomic E-state index is 13.2. The van der Waals surface area contributed by atoms with Gasteiger partial charge in [-0.1, -0.05) is 30.3 Å². The normalized spacial score (nSPS) is 10.9. The van der Waals surface area contributed by atoms with Gasteiger partial charge in [0.2, 0.25) is 5.91 Å². The quantitative estimate of drug-likeness (QED) is 0.403. The van der Waals surface area contributed by atoms with Gasteiger partial charge in [-0.2, -0.15) is 0 Å². The van der Waals surface area contributed by atoms with E-state index >= 15 is 0 Å². The minimum atomic E-state index is -0.357. The van der Waals surface area contributed by atoms with Crippen LogP contribution in [0.15, 0.2) is 59.7 Å². The van der Waals surface area contributed by atoms with Crippen LogP contribution in [0.5, 0.6) is 11.5 Å². The molecule has 2 aromatic carbocycles. The molecule has 0 spiro atoms. The molecule has 0 atom stereocenters. The van der Waals surface area contributed by atoms with Crippen LogP contribution in [-0.2, 0) is 11.3 Å². The molecule has 0 fully saturated rings. The summed E-state index contributed by atoms with van der Waals surface area (Å²) in [5, 5.41) is 3.38. The molecule has 170 valence electrons. The molecule has 8 heteroatoms. The van der Waals surface area contributed by atoms with Crippen molar-refractivity contribution in [3.05, 3.63) is 70.8 Å². The van der Waals surface area contributed by atoms with Crippen LogP contribution in [0, 0.1) is 6.92 Å². The molecule has 33 heavy (non-hydrogen) atoms. The molecule has 4 aromatic rings. The third kappa shape index (κ3) is 4.75. The fraction of sp³-hybridized carbons (Fsp3) is 0.240. The molecule has 2 aromatic heterocycles. The molecule has 7 nitrogen and oxygen atoms in total. The number of carbonyl (C=O) groups excluding carboxylic acids is 1. The summed E-state index contributed by atoms with van der Waals surface area (Å²) in [4.78, 5) is 32.1. The molecular weight excluding hydrogens is 438 g/mol. The molecule has 2 heterocycles. The van der Waals surface area contributed by atoms with Crippen molar-refractivity contribution in [1.82, 2.24) is 9.55 Å². The van der Waals surface area contributed by atoms with Gasteiger partial charge in [0.1, 0.15) is 22.9 Å². The number of hydrogen-bond donors (Lipinski definition) is 1. The van der Waals surface area contributed by atoms with E-state index in [2.05, 4.69) is 10.3 Å². The lowest BCUT2D eigenvalue weighted by Gasteiger charge is -2.14. The topological polar surface area (TPSA) is 82.4 Å². The van der Waals surface area contributed by atoms with E-state index in [-0.39, 0.29) is 18.0 Å². The van der Waals surface area contributed by atoms with Crippen LogP contribution in [-0.4, -0.2) is 28.7 Å². The molecule has 4 rings (SSSR count). The second kappa shape index (κ2) is 9.87. The van der Waals surface area contributed by atoms with Crippen molar-refractivity contribution < 1.29 is 14.3 Å². The first-order valence-electron chi connectivity index (χ1n) is 10.7. The number of anilines is 1. The van der Waals surface area contributed by atoms with E-state index in [0.717, 1.165) is 16.0 Å². The Morgan fingerprint density at radius 1 is 1.09 bits per heavy atom. The van der Waals surface area contributed by atoms with Gasteiger partial charge in [-0.3, -0.25) is 14.2 Å². The van der Waals surface area contributed by atoms with E-state index in [1.165, 1.54) is 22.2 Å². The first-order valence-corrected chi connectivity index (χ1v) is 11.6. The predicted octanol–water partition coefficient (Wildman–Crippen LogP) is 4.87. The number of hydrogen-bond acceptors (Lipinski definition) is 6. The van der Waals surface area contributed by atoms with Crippen LogP contribution >= 0.6 is 11.3 Å². The molecule has 1 amide bonds. The number of aryl methyl sites for hydroxylation is 1. The molecular formula is C25H25N3O4S. The number of carbonyl (C=O) groups is 1. The average Bonchev–Trinajstić information content (AvgIpc) is 3.15. The average molecular weight is 464 g/mol. The molecule has 0 unspecified atom stereocenters. The Bertz CT molecular complexity index is 1350. The van der Waals surface area contributed by atoms with Crippen molar-refractivity contribution in [1.29, 1.82) is 0 Å². The minimum absolute atomic E-state index is 0.165. The number of thiophene rings is 1.